The van der Waals surface area contributed by atoms with Gasteiger partial charge in [-0.05, 0) is 18.8 Å². The lowest BCUT2D eigenvalue weighted by Gasteiger charge is -2.03. The van der Waals surface area contributed by atoms with Gasteiger partial charge < -0.3 is 10.1 Å². The highest BCUT2D eigenvalue weighted by Crippen LogP contribution is 2.42. The highest BCUT2D eigenvalue weighted by Gasteiger charge is 2.29. The summed E-state index contributed by atoms with van der Waals surface area (Å²) in [5, 5.41) is 8.82. The topological polar surface area (TPSA) is 87.4 Å². The van der Waals surface area contributed by atoms with E-state index in [9.17, 15) is 9.59 Å². The van der Waals surface area contributed by atoms with Crippen LogP contribution in [0.15, 0.2) is 9.95 Å². The van der Waals surface area contributed by atoms with Crippen LogP contribution in [0.4, 0.5) is 5.69 Å². The van der Waals surface area contributed by atoms with Crippen LogP contribution in [0.3, 0.4) is 0 Å². The first-order chi connectivity index (χ1) is 8.11. The number of carboxylic acids is 1. The smallest absolute Gasteiger partial charge is 0.313 e. The van der Waals surface area contributed by atoms with Gasteiger partial charge in [-0.2, -0.15) is 0 Å². The van der Waals surface area contributed by atoms with E-state index in [1.54, 1.807) is 0 Å². The van der Waals surface area contributed by atoms with E-state index in [2.05, 4.69) is 14.8 Å². The zero-order valence-corrected chi connectivity index (χ0v) is 9.58. The highest BCUT2D eigenvalue weighted by atomic mass is 32.2. The predicted octanol–water partition coefficient (Wildman–Crippen LogP) is 1.37. The molecule has 2 N–H and O–H groups in total. The molecular weight excluding hydrogens is 242 g/mol. The van der Waals surface area contributed by atoms with E-state index in [1.165, 1.54) is 0 Å². The van der Waals surface area contributed by atoms with E-state index < -0.39 is 11.5 Å². The third-order valence-corrected chi connectivity index (χ3v) is 3.17. The van der Waals surface area contributed by atoms with Gasteiger partial charge in [0.15, 0.2) is 5.16 Å². The van der Waals surface area contributed by atoms with Crippen molar-refractivity contribution in [3.05, 3.63) is 27.5 Å². The largest absolute Gasteiger partial charge is 0.481 e. The summed E-state index contributed by atoms with van der Waals surface area (Å²) in [7, 11) is 0. The molecule has 1 fully saturated rings. The molecule has 0 aromatic carbocycles. The molecule has 6 nitrogen and oxygen atoms in total. The van der Waals surface area contributed by atoms with Gasteiger partial charge in [-0.15, -0.1) is 0 Å². The first-order valence-electron chi connectivity index (χ1n) is 4.98. The molecule has 0 aliphatic heterocycles. The van der Waals surface area contributed by atoms with Gasteiger partial charge in [0.2, 0.25) is 0 Å². The average molecular weight is 251 g/mol. The molecule has 17 heavy (non-hydrogen) atoms. The molecule has 88 valence electrons. The summed E-state index contributed by atoms with van der Waals surface area (Å²) in [4.78, 5) is 31.8. The zero-order valence-electron chi connectivity index (χ0n) is 8.77. The third kappa shape index (κ3) is 2.65. The van der Waals surface area contributed by atoms with Crippen LogP contribution >= 0.6 is 11.8 Å². The fraction of sp³-hybridized carbons (Fsp3) is 0.400. The summed E-state index contributed by atoms with van der Waals surface area (Å²) in [5.74, 6) is -0.949. The van der Waals surface area contributed by atoms with Crippen molar-refractivity contribution in [3.63, 3.8) is 0 Å². The number of nitrogens with zero attached hydrogens (tertiary/aromatic N) is 2. The normalized spacial score (nSPS) is 14.3. The van der Waals surface area contributed by atoms with Gasteiger partial charge in [0.25, 0.3) is 11.2 Å². The summed E-state index contributed by atoms with van der Waals surface area (Å²) in [5.41, 5.74) is 0.0635. The van der Waals surface area contributed by atoms with E-state index in [-0.39, 0.29) is 22.5 Å². The minimum atomic E-state index is -0.972. The van der Waals surface area contributed by atoms with Crippen LogP contribution in [0.25, 0.3) is 4.85 Å². The standard InChI is InChI=1S/C10H9N3O3S/c1-11-8-7(5-2-3-5)12-10(13-9(8)16)17-4-6(14)15/h5H,2-4H2,(H,14,15)(H,12,13,16). The van der Waals surface area contributed by atoms with Crippen molar-refractivity contribution < 1.29 is 9.90 Å². The summed E-state index contributed by atoms with van der Waals surface area (Å²) in [6.07, 6.45) is 1.87. The number of aromatic nitrogens is 2. The number of carbonyl (C=O) groups is 1. The Hall–Kier alpha value is -1.81. The van der Waals surface area contributed by atoms with Gasteiger partial charge in [0.05, 0.1) is 18.0 Å². The molecule has 0 saturated heterocycles. The second kappa shape index (κ2) is 4.59. The van der Waals surface area contributed by atoms with Crippen molar-refractivity contribution >= 4 is 23.4 Å². The Morgan fingerprint density at radius 3 is 2.88 bits per heavy atom. The maximum atomic E-state index is 11.6. The van der Waals surface area contributed by atoms with Crippen molar-refractivity contribution in [2.45, 2.75) is 23.9 Å². The quantitative estimate of drug-likeness (QED) is 0.479. The van der Waals surface area contributed by atoms with Crippen LogP contribution in [-0.2, 0) is 4.79 Å². The summed E-state index contributed by atoms with van der Waals surface area (Å²) < 4.78 is 0. The Morgan fingerprint density at radius 1 is 1.65 bits per heavy atom. The highest BCUT2D eigenvalue weighted by molar-refractivity contribution is 7.99. The van der Waals surface area contributed by atoms with Gasteiger partial charge >= 0.3 is 5.97 Å². The number of thioether (sulfide) groups is 1. The fourth-order valence-electron chi connectivity index (χ4n) is 1.41. The SMILES string of the molecule is [C-]#[N+]c1c(C2CC2)nc(SCC(=O)O)[nH]c1=O. The molecule has 1 saturated carbocycles. The summed E-state index contributed by atoms with van der Waals surface area (Å²) in [6, 6.07) is 0. The van der Waals surface area contributed by atoms with E-state index >= 15 is 0 Å². The molecule has 1 aromatic rings. The second-order valence-electron chi connectivity index (χ2n) is 3.67. The second-order valence-corrected chi connectivity index (χ2v) is 4.64. The van der Waals surface area contributed by atoms with E-state index in [1.807, 2.05) is 0 Å². The van der Waals surface area contributed by atoms with E-state index in [0.717, 1.165) is 24.6 Å². The van der Waals surface area contributed by atoms with Crippen LogP contribution < -0.4 is 5.56 Å². The van der Waals surface area contributed by atoms with Crippen molar-refractivity contribution in [3.8, 4) is 0 Å². The number of hydrogen-bond donors (Lipinski definition) is 2. The first kappa shape index (κ1) is 11.7. The van der Waals surface area contributed by atoms with Gasteiger partial charge in [0.1, 0.15) is 0 Å². The molecule has 1 aliphatic carbocycles. The monoisotopic (exact) mass is 251 g/mol. The number of nitrogens with one attached hydrogen (secondary N) is 1. The maximum Gasteiger partial charge on any atom is 0.313 e. The van der Waals surface area contributed by atoms with Gasteiger partial charge in [-0.3, -0.25) is 9.59 Å². The number of H-pyrrole nitrogens is 1. The number of carboxylic acid groups (broad SMARTS) is 1. The first-order valence-corrected chi connectivity index (χ1v) is 5.96. The third-order valence-electron chi connectivity index (χ3n) is 2.31. The van der Waals surface area contributed by atoms with Crippen molar-refractivity contribution in [1.82, 2.24) is 9.97 Å². The van der Waals surface area contributed by atoms with Crippen LogP contribution in [0.2, 0.25) is 0 Å². The lowest BCUT2D eigenvalue weighted by atomic mass is 10.2. The Balaban J connectivity index is 2.33. The van der Waals surface area contributed by atoms with Gasteiger partial charge in [0, 0.05) is 0 Å². The van der Waals surface area contributed by atoms with Crippen LogP contribution in [-0.4, -0.2) is 26.8 Å². The van der Waals surface area contributed by atoms with Crippen LogP contribution in [0.5, 0.6) is 0 Å². The summed E-state index contributed by atoms with van der Waals surface area (Å²) in [6.45, 7) is 6.95. The van der Waals surface area contributed by atoms with E-state index in [0.29, 0.717) is 5.69 Å². The number of hydrogen-bond acceptors (Lipinski definition) is 4. The molecule has 0 amide bonds. The van der Waals surface area contributed by atoms with Crippen LogP contribution in [0, 0.1) is 6.57 Å². The Kier molecular flexibility index (Phi) is 3.15. The Bertz CT molecular complexity index is 557. The molecule has 1 aliphatic rings. The molecule has 1 aromatic heterocycles. The van der Waals surface area contributed by atoms with Crippen molar-refractivity contribution in [2.24, 2.45) is 0 Å². The molecule has 0 bridgehead atoms. The van der Waals surface area contributed by atoms with Crippen molar-refractivity contribution in [1.29, 1.82) is 0 Å². The molecule has 0 unspecified atom stereocenters. The number of aliphatic carboxylic acids is 1. The Labute approximate surface area is 101 Å². The van der Waals surface area contributed by atoms with Gasteiger partial charge in [-0.25, -0.2) is 9.83 Å². The maximum absolute atomic E-state index is 11.6. The lowest BCUT2D eigenvalue weighted by Crippen LogP contribution is -2.12. The average Bonchev–Trinajstić information content (AvgIpc) is 3.09. The molecule has 1 heterocycles. The lowest BCUT2D eigenvalue weighted by molar-refractivity contribution is -0.133. The molecule has 7 heteroatoms. The van der Waals surface area contributed by atoms with Gasteiger partial charge in [-0.1, -0.05) is 11.8 Å². The molecule has 2 rings (SSSR count). The van der Waals surface area contributed by atoms with Crippen molar-refractivity contribution in [2.75, 3.05) is 5.75 Å². The number of rotatable bonds is 4. The zero-order chi connectivity index (χ0) is 12.4. The Morgan fingerprint density at radius 2 is 2.35 bits per heavy atom. The van der Waals surface area contributed by atoms with E-state index in [4.69, 9.17) is 11.7 Å². The molecule has 0 atom stereocenters. The molecular formula is C10H9N3O3S. The predicted molar refractivity (Wildman–Crippen MR) is 61.5 cm³/mol. The molecule has 0 radical (unpaired) electrons. The van der Waals surface area contributed by atoms with Crippen LogP contribution in [0.1, 0.15) is 24.5 Å². The minimum absolute atomic E-state index is 0.0344. The number of aromatic amines is 1. The minimum Gasteiger partial charge on any atom is -0.481 e. The molecule has 0 spiro atoms. The fourth-order valence-corrected chi connectivity index (χ4v) is 2.00. The summed E-state index contributed by atoms with van der Waals surface area (Å²) >= 11 is 0.952.